The first kappa shape index (κ1) is 18.9. The van der Waals surface area contributed by atoms with E-state index in [0.717, 1.165) is 12.8 Å². The number of hydrogen-bond acceptors (Lipinski definition) is 4. The van der Waals surface area contributed by atoms with E-state index < -0.39 is 22.2 Å². The lowest BCUT2D eigenvalue weighted by Crippen LogP contribution is -2.53. The SMILES string of the molecule is CCCC(C#N)CC(C(=O)OO)(C(C)(C)C)C(C)(C)C. The van der Waals surface area contributed by atoms with E-state index in [-0.39, 0.29) is 5.92 Å². The zero-order valence-corrected chi connectivity index (χ0v) is 13.9. The van der Waals surface area contributed by atoms with Gasteiger partial charge in [-0.2, -0.15) is 10.5 Å². The van der Waals surface area contributed by atoms with Crippen LogP contribution in [0.4, 0.5) is 0 Å². The van der Waals surface area contributed by atoms with Gasteiger partial charge in [-0.05, 0) is 23.7 Å². The Bertz CT molecular complexity index is 355. The zero-order chi connectivity index (χ0) is 16.2. The van der Waals surface area contributed by atoms with Gasteiger partial charge in [-0.25, -0.2) is 4.79 Å². The highest BCUT2D eigenvalue weighted by molar-refractivity contribution is 5.78. The molecule has 4 nitrogen and oxygen atoms in total. The van der Waals surface area contributed by atoms with Crippen LogP contribution in [0, 0.1) is 33.5 Å². The van der Waals surface area contributed by atoms with Crippen LogP contribution in [0.25, 0.3) is 0 Å². The third-order valence-electron chi connectivity index (χ3n) is 4.36. The maximum absolute atomic E-state index is 12.4. The van der Waals surface area contributed by atoms with Crippen molar-refractivity contribution in [3.8, 4) is 6.07 Å². The van der Waals surface area contributed by atoms with Crippen LogP contribution in [0.2, 0.25) is 0 Å². The average Bonchev–Trinajstić information content (AvgIpc) is 2.30. The summed E-state index contributed by atoms with van der Waals surface area (Å²) < 4.78 is 0. The van der Waals surface area contributed by atoms with Gasteiger partial charge in [0.2, 0.25) is 0 Å². The molecule has 0 saturated heterocycles. The first-order chi connectivity index (χ1) is 8.97. The Morgan fingerprint density at radius 2 is 1.65 bits per heavy atom. The van der Waals surface area contributed by atoms with Gasteiger partial charge in [0.05, 0.1) is 11.5 Å². The van der Waals surface area contributed by atoms with Crippen LogP contribution < -0.4 is 0 Å². The van der Waals surface area contributed by atoms with E-state index in [2.05, 4.69) is 11.0 Å². The van der Waals surface area contributed by atoms with Gasteiger partial charge in [0.1, 0.15) is 0 Å². The molecular formula is C16H29NO3. The third kappa shape index (κ3) is 3.52. The predicted molar refractivity (Wildman–Crippen MR) is 78.7 cm³/mol. The van der Waals surface area contributed by atoms with Gasteiger partial charge < -0.3 is 4.89 Å². The minimum atomic E-state index is -0.926. The number of carbonyl (C=O) groups is 1. The van der Waals surface area contributed by atoms with Crippen molar-refractivity contribution < 1.29 is 14.9 Å². The zero-order valence-electron chi connectivity index (χ0n) is 13.9. The molecule has 0 radical (unpaired) electrons. The monoisotopic (exact) mass is 283 g/mol. The van der Waals surface area contributed by atoms with Crippen molar-refractivity contribution in [2.75, 3.05) is 0 Å². The molecule has 0 aromatic carbocycles. The van der Waals surface area contributed by atoms with E-state index in [9.17, 15) is 10.1 Å². The number of nitrogens with zero attached hydrogens (tertiary/aromatic N) is 1. The topological polar surface area (TPSA) is 70.3 Å². The minimum absolute atomic E-state index is 0.224. The molecule has 0 aromatic rings. The molecule has 1 atom stereocenters. The Balaban J connectivity index is 5.91. The lowest BCUT2D eigenvalue weighted by molar-refractivity contribution is -0.260. The van der Waals surface area contributed by atoms with E-state index in [1.54, 1.807) is 0 Å². The maximum Gasteiger partial charge on any atom is 0.349 e. The Kier molecular flexibility index (Phi) is 6.23. The number of rotatable bonds is 5. The van der Waals surface area contributed by atoms with E-state index in [1.807, 2.05) is 48.5 Å². The van der Waals surface area contributed by atoms with Gasteiger partial charge >= 0.3 is 5.97 Å². The summed E-state index contributed by atoms with van der Waals surface area (Å²) in [5.41, 5.74) is -1.80. The van der Waals surface area contributed by atoms with Crippen LogP contribution in [0.3, 0.4) is 0 Å². The minimum Gasteiger partial charge on any atom is -0.300 e. The van der Waals surface area contributed by atoms with Gasteiger partial charge in [0.15, 0.2) is 0 Å². The average molecular weight is 283 g/mol. The molecule has 0 spiro atoms. The molecule has 1 unspecified atom stereocenters. The second-order valence-electron chi connectivity index (χ2n) is 7.60. The highest BCUT2D eigenvalue weighted by Crippen LogP contribution is 2.56. The van der Waals surface area contributed by atoms with E-state index in [4.69, 9.17) is 5.26 Å². The predicted octanol–water partition coefficient (Wildman–Crippen LogP) is 4.41. The van der Waals surface area contributed by atoms with Crippen LogP contribution >= 0.6 is 0 Å². The van der Waals surface area contributed by atoms with Crippen LogP contribution in [-0.4, -0.2) is 11.2 Å². The molecular weight excluding hydrogens is 254 g/mol. The fourth-order valence-corrected chi connectivity index (χ4v) is 3.44. The van der Waals surface area contributed by atoms with E-state index in [0.29, 0.717) is 6.42 Å². The van der Waals surface area contributed by atoms with Crippen molar-refractivity contribution >= 4 is 5.97 Å². The van der Waals surface area contributed by atoms with Gasteiger partial charge in [-0.1, -0.05) is 54.9 Å². The lowest BCUT2D eigenvalue weighted by Gasteiger charge is -2.51. The number of hydrogen-bond donors (Lipinski definition) is 1. The van der Waals surface area contributed by atoms with Gasteiger partial charge in [-0.3, -0.25) is 0 Å². The van der Waals surface area contributed by atoms with Crippen LogP contribution in [-0.2, 0) is 9.68 Å². The molecule has 0 amide bonds. The van der Waals surface area contributed by atoms with Crippen molar-refractivity contribution in [2.24, 2.45) is 22.2 Å². The first-order valence-electron chi connectivity index (χ1n) is 7.23. The smallest absolute Gasteiger partial charge is 0.300 e. The van der Waals surface area contributed by atoms with Gasteiger partial charge in [0, 0.05) is 5.92 Å². The van der Waals surface area contributed by atoms with Crippen LogP contribution in [0.5, 0.6) is 0 Å². The molecule has 0 aromatic heterocycles. The fourth-order valence-electron chi connectivity index (χ4n) is 3.44. The largest absolute Gasteiger partial charge is 0.349 e. The second kappa shape index (κ2) is 6.58. The Hall–Kier alpha value is -1.08. The summed E-state index contributed by atoms with van der Waals surface area (Å²) in [6.07, 6.45) is 2.02. The summed E-state index contributed by atoms with van der Waals surface area (Å²) in [4.78, 5) is 16.5. The second-order valence-corrected chi connectivity index (χ2v) is 7.60. The van der Waals surface area contributed by atoms with E-state index in [1.165, 1.54) is 0 Å². The highest BCUT2D eigenvalue weighted by atomic mass is 17.1. The van der Waals surface area contributed by atoms with Crippen molar-refractivity contribution in [3.05, 3.63) is 0 Å². The van der Waals surface area contributed by atoms with Gasteiger partial charge in [-0.15, -0.1) is 0 Å². The maximum atomic E-state index is 12.4. The molecule has 0 aliphatic carbocycles. The number of carbonyl (C=O) groups excluding carboxylic acids is 1. The molecule has 0 heterocycles. The first-order valence-corrected chi connectivity index (χ1v) is 7.23. The summed E-state index contributed by atoms with van der Waals surface area (Å²) in [5, 5.41) is 18.3. The quantitative estimate of drug-likeness (QED) is 0.599. The third-order valence-corrected chi connectivity index (χ3v) is 4.36. The summed E-state index contributed by atoms with van der Waals surface area (Å²) in [6.45, 7) is 13.7. The highest BCUT2D eigenvalue weighted by Gasteiger charge is 2.58. The molecule has 1 N–H and O–H groups in total. The molecule has 0 rings (SSSR count). The fraction of sp³-hybridized carbons (Fsp3) is 0.875. The molecule has 0 aliphatic heterocycles. The Morgan fingerprint density at radius 3 is 1.90 bits per heavy atom. The van der Waals surface area contributed by atoms with Gasteiger partial charge in [0.25, 0.3) is 0 Å². The van der Waals surface area contributed by atoms with Crippen molar-refractivity contribution in [3.63, 3.8) is 0 Å². The summed E-state index contributed by atoms with van der Waals surface area (Å²) in [6, 6.07) is 2.29. The number of nitriles is 1. The normalized spacial score (nSPS) is 14.6. The molecule has 0 aliphatic rings. The molecule has 4 heteroatoms. The lowest BCUT2D eigenvalue weighted by atomic mass is 9.51. The van der Waals surface area contributed by atoms with Crippen molar-refractivity contribution in [1.82, 2.24) is 0 Å². The molecule has 116 valence electrons. The van der Waals surface area contributed by atoms with Crippen LogP contribution in [0.1, 0.15) is 67.7 Å². The van der Waals surface area contributed by atoms with Crippen molar-refractivity contribution in [1.29, 1.82) is 5.26 Å². The summed E-state index contributed by atoms with van der Waals surface area (Å²) in [7, 11) is 0. The van der Waals surface area contributed by atoms with Crippen molar-refractivity contribution in [2.45, 2.75) is 67.7 Å². The summed E-state index contributed by atoms with van der Waals surface area (Å²) >= 11 is 0. The Labute approximate surface area is 123 Å². The van der Waals surface area contributed by atoms with E-state index >= 15 is 0 Å². The molecule has 0 bridgehead atoms. The van der Waals surface area contributed by atoms with Crippen LogP contribution in [0.15, 0.2) is 0 Å². The summed E-state index contributed by atoms with van der Waals surface area (Å²) in [5.74, 6) is -0.869. The molecule has 0 fully saturated rings. The molecule has 20 heavy (non-hydrogen) atoms. The standard InChI is InChI=1S/C16H29NO3/c1-8-9-12(11-17)10-16(13(18)20-19,14(2,3)4)15(5,6)7/h12,19H,8-10H2,1-7H3. The Morgan fingerprint density at radius 1 is 1.20 bits per heavy atom. The molecule has 0 saturated carbocycles.